The molecule has 6 nitrogen and oxygen atoms in total. The molecule has 31 heavy (non-hydrogen) atoms. The Kier molecular flexibility index (Phi) is 4.88. The number of halogens is 1. The van der Waals surface area contributed by atoms with Gasteiger partial charge >= 0.3 is 0 Å². The number of carbonyl (C=O) groups is 2. The third-order valence-electron chi connectivity index (χ3n) is 5.45. The van der Waals surface area contributed by atoms with E-state index in [1.165, 1.54) is 29.5 Å². The Morgan fingerprint density at radius 3 is 2.48 bits per heavy atom. The molecule has 1 aliphatic carbocycles. The Morgan fingerprint density at radius 1 is 1.10 bits per heavy atom. The van der Waals surface area contributed by atoms with Crippen molar-refractivity contribution in [3.8, 4) is 0 Å². The average molecular weight is 473 g/mol. The highest BCUT2D eigenvalue weighted by Gasteiger charge is 2.48. The minimum atomic E-state index is -3.93. The zero-order chi connectivity index (χ0) is 21.8. The van der Waals surface area contributed by atoms with Gasteiger partial charge in [-0.15, -0.1) is 0 Å². The average Bonchev–Trinajstić information content (AvgIpc) is 3.37. The molecule has 0 bridgehead atoms. The molecule has 3 aromatic rings. The van der Waals surface area contributed by atoms with Crippen LogP contribution >= 0.6 is 22.9 Å². The van der Waals surface area contributed by atoms with Crippen molar-refractivity contribution < 1.29 is 18.0 Å². The largest absolute Gasteiger partial charge is 0.341 e. The van der Waals surface area contributed by atoms with Crippen molar-refractivity contribution in [2.24, 2.45) is 0 Å². The maximum atomic E-state index is 13.1. The minimum Gasteiger partial charge on any atom is -0.341 e. The first-order valence-corrected chi connectivity index (χ1v) is 12.4. The summed E-state index contributed by atoms with van der Waals surface area (Å²) < 4.78 is 26.7. The number of hydrogen-bond donors (Lipinski definition) is 1. The predicted octanol–water partition coefficient (Wildman–Crippen LogP) is 4.23. The predicted molar refractivity (Wildman–Crippen MR) is 118 cm³/mol. The van der Waals surface area contributed by atoms with Crippen LogP contribution in [0, 0.1) is 0 Å². The van der Waals surface area contributed by atoms with Crippen molar-refractivity contribution in [2.75, 3.05) is 0 Å². The number of rotatable bonds is 5. The molecule has 1 fully saturated rings. The Hall–Kier alpha value is -2.68. The fraction of sp³-hybridized carbons (Fsp3) is 0.182. The van der Waals surface area contributed by atoms with Gasteiger partial charge in [0.15, 0.2) is 0 Å². The van der Waals surface area contributed by atoms with E-state index in [2.05, 4.69) is 5.32 Å². The molecule has 0 radical (unpaired) electrons. The summed E-state index contributed by atoms with van der Waals surface area (Å²) in [5.41, 5.74) is 2.06. The number of sulfonamides is 1. The smallest absolute Gasteiger partial charge is 0.269 e. The van der Waals surface area contributed by atoms with E-state index in [9.17, 15) is 18.0 Å². The molecule has 158 valence electrons. The number of benzene rings is 2. The molecule has 0 saturated heterocycles. The van der Waals surface area contributed by atoms with Crippen LogP contribution in [0.5, 0.6) is 0 Å². The van der Waals surface area contributed by atoms with Gasteiger partial charge in [0, 0.05) is 16.6 Å². The molecule has 2 heterocycles. The number of hydrogen-bond acceptors (Lipinski definition) is 5. The topological polar surface area (TPSA) is 83.6 Å². The van der Waals surface area contributed by atoms with Gasteiger partial charge in [-0.25, -0.2) is 12.7 Å². The lowest BCUT2D eigenvalue weighted by atomic mass is 10.0. The molecular weight excluding hydrogens is 456 g/mol. The van der Waals surface area contributed by atoms with Crippen LogP contribution in [0.3, 0.4) is 0 Å². The molecule has 1 unspecified atom stereocenters. The summed E-state index contributed by atoms with van der Waals surface area (Å²) in [5, 5.41) is 7.43. The van der Waals surface area contributed by atoms with Crippen LogP contribution in [0.25, 0.3) is 0 Å². The Balaban J connectivity index is 1.47. The van der Waals surface area contributed by atoms with E-state index in [1.54, 1.807) is 12.1 Å². The van der Waals surface area contributed by atoms with E-state index in [0.717, 1.165) is 15.4 Å². The molecular formula is C22H17ClN2O4S2. The van der Waals surface area contributed by atoms with Gasteiger partial charge in [0.2, 0.25) is 0 Å². The second-order valence-electron chi connectivity index (χ2n) is 7.56. The molecule has 1 aliphatic heterocycles. The summed E-state index contributed by atoms with van der Waals surface area (Å²) >= 11 is 7.51. The van der Waals surface area contributed by atoms with Crippen LogP contribution < -0.4 is 5.32 Å². The number of nitrogens with zero attached hydrogens (tertiary/aromatic N) is 1. The summed E-state index contributed by atoms with van der Waals surface area (Å²) in [4.78, 5) is 25.5. The van der Waals surface area contributed by atoms with Crippen LogP contribution in [-0.2, 0) is 10.0 Å². The van der Waals surface area contributed by atoms with Crippen molar-refractivity contribution in [3.63, 3.8) is 0 Å². The molecule has 2 aromatic carbocycles. The fourth-order valence-electron chi connectivity index (χ4n) is 3.73. The standard InChI is InChI=1S/C22H17ClN2O4S2/c23-16-4-1-13(2-5-16)20(15-9-10-30-12-15)24-21(26)14-3-8-18-19(11-14)31(28,29)25(22(18)27)17-6-7-17/h1-5,8-12,17,20H,6-7H2,(H,24,26). The summed E-state index contributed by atoms with van der Waals surface area (Å²) in [6, 6.07) is 12.6. The van der Waals surface area contributed by atoms with Gasteiger partial charge in [0.25, 0.3) is 21.8 Å². The fourth-order valence-corrected chi connectivity index (χ4v) is 6.38. The van der Waals surface area contributed by atoms with E-state index in [1.807, 2.05) is 29.0 Å². The van der Waals surface area contributed by atoms with Crippen molar-refractivity contribution >= 4 is 44.8 Å². The number of carbonyl (C=O) groups excluding carboxylic acids is 2. The van der Waals surface area contributed by atoms with Gasteiger partial charge in [-0.1, -0.05) is 23.7 Å². The van der Waals surface area contributed by atoms with Gasteiger partial charge in [-0.3, -0.25) is 9.59 Å². The third kappa shape index (κ3) is 3.54. The number of amides is 2. The molecule has 9 heteroatoms. The lowest BCUT2D eigenvalue weighted by Crippen LogP contribution is -2.32. The highest BCUT2D eigenvalue weighted by atomic mass is 35.5. The van der Waals surface area contributed by atoms with E-state index in [4.69, 9.17) is 11.6 Å². The second-order valence-corrected chi connectivity index (χ2v) is 10.6. The summed E-state index contributed by atoms with van der Waals surface area (Å²) in [6.07, 6.45) is 1.35. The van der Waals surface area contributed by atoms with E-state index in [0.29, 0.717) is 17.9 Å². The van der Waals surface area contributed by atoms with Gasteiger partial charge in [0.05, 0.1) is 11.6 Å². The van der Waals surface area contributed by atoms with E-state index >= 15 is 0 Å². The maximum absolute atomic E-state index is 13.1. The van der Waals surface area contributed by atoms with Crippen molar-refractivity contribution in [3.05, 3.63) is 86.6 Å². The number of thiophene rings is 1. The molecule has 1 saturated carbocycles. The van der Waals surface area contributed by atoms with Crippen molar-refractivity contribution in [2.45, 2.75) is 29.8 Å². The first-order chi connectivity index (χ1) is 14.9. The monoisotopic (exact) mass is 472 g/mol. The molecule has 2 amide bonds. The quantitative estimate of drug-likeness (QED) is 0.602. The molecule has 2 aliphatic rings. The lowest BCUT2D eigenvalue weighted by molar-refractivity contribution is 0.0863. The third-order valence-corrected chi connectivity index (χ3v) is 8.27. The summed E-state index contributed by atoms with van der Waals surface area (Å²) in [7, 11) is -3.93. The Labute approximate surface area is 188 Å². The van der Waals surface area contributed by atoms with Crippen LogP contribution in [0.4, 0.5) is 0 Å². The van der Waals surface area contributed by atoms with Crippen molar-refractivity contribution in [1.29, 1.82) is 0 Å². The zero-order valence-electron chi connectivity index (χ0n) is 16.1. The second kappa shape index (κ2) is 7.47. The SMILES string of the molecule is O=C(NC(c1ccc(Cl)cc1)c1ccsc1)c1ccc2c(c1)S(=O)(=O)N(C1CC1)C2=O. The van der Waals surface area contributed by atoms with Crippen LogP contribution in [0.1, 0.15) is 50.7 Å². The summed E-state index contributed by atoms with van der Waals surface area (Å²) in [6.45, 7) is 0. The van der Waals surface area contributed by atoms with E-state index < -0.39 is 27.9 Å². The molecule has 1 N–H and O–H groups in total. The summed E-state index contributed by atoms with van der Waals surface area (Å²) in [5.74, 6) is -0.941. The normalized spacial score (nSPS) is 18.0. The zero-order valence-corrected chi connectivity index (χ0v) is 18.5. The maximum Gasteiger partial charge on any atom is 0.269 e. The van der Waals surface area contributed by atoms with Gasteiger partial charge in [-0.05, 0) is 71.1 Å². The first kappa shape index (κ1) is 20.2. The number of nitrogens with one attached hydrogen (secondary N) is 1. The van der Waals surface area contributed by atoms with Crippen LogP contribution in [0.2, 0.25) is 5.02 Å². The van der Waals surface area contributed by atoms with Crippen molar-refractivity contribution in [1.82, 2.24) is 9.62 Å². The Bertz CT molecular complexity index is 1280. The molecule has 0 spiro atoms. The highest BCUT2D eigenvalue weighted by Crippen LogP contribution is 2.39. The highest BCUT2D eigenvalue weighted by molar-refractivity contribution is 7.90. The van der Waals surface area contributed by atoms with Gasteiger partial charge in [0.1, 0.15) is 4.90 Å². The molecule has 1 atom stereocenters. The lowest BCUT2D eigenvalue weighted by Gasteiger charge is -2.19. The Morgan fingerprint density at radius 2 is 1.84 bits per heavy atom. The minimum absolute atomic E-state index is 0.101. The molecule has 5 rings (SSSR count). The molecule has 1 aromatic heterocycles. The van der Waals surface area contributed by atoms with Crippen LogP contribution in [0.15, 0.2) is 64.2 Å². The van der Waals surface area contributed by atoms with E-state index in [-0.39, 0.29) is 22.1 Å². The first-order valence-electron chi connectivity index (χ1n) is 9.67. The van der Waals surface area contributed by atoms with Gasteiger partial charge in [-0.2, -0.15) is 11.3 Å². The number of fused-ring (bicyclic) bond motifs is 1. The van der Waals surface area contributed by atoms with Crippen LogP contribution in [-0.4, -0.2) is 30.6 Å². The van der Waals surface area contributed by atoms with Gasteiger partial charge < -0.3 is 5.32 Å².